The minimum absolute atomic E-state index is 0.121. The van der Waals surface area contributed by atoms with Crippen LogP contribution in [0.1, 0.15) is 37.3 Å². The Labute approximate surface area is 188 Å². The van der Waals surface area contributed by atoms with E-state index in [9.17, 15) is 9.59 Å². The minimum Gasteiger partial charge on any atom is -0.494 e. The van der Waals surface area contributed by atoms with Gasteiger partial charge in [-0.15, -0.1) is 0 Å². The van der Waals surface area contributed by atoms with E-state index < -0.39 is 6.04 Å². The van der Waals surface area contributed by atoms with E-state index in [1.54, 1.807) is 30.1 Å². The van der Waals surface area contributed by atoms with Gasteiger partial charge < -0.3 is 15.0 Å². The summed E-state index contributed by atoms with van der Waals surface area (Å²) < 4.78 is 5.71. The first kappa shape index (κ1) is 24.0. The summed E-state index contributed by atoms with van der Waals surface area (Å²) in [4.78, 5) is 27.0. The number of hydrogen-bond donors (Lipinski definition) is 1. The predicted octanol–water partition coefficient (Wildman–Crippen LogP) is 5.01. The molecular formula is C23H28Cl2N2O3. The smallest absolute Gasteiger partial charge is 0.242 e. The molecule has 1 unspecified atom stereocenters. The Hall–Kier alpha value is -2.24. The number of carbonyl (C=O) groups excluding carboxylic acids is 2. The average Bonchev–Trinajstić information content (AvgIpc) is 2.73. The zero-order valence-corrected chi connectivity index (χ0v) is 19.1. The van der Waals surface area contributed by atoms with Gasteiger partial charge in [-0.05, 0) is 49.6 Å². The van der Waals surface area contributed by atoms with E-state index in [0.29, 0.717) is 29.5 Å². The van der Waals surface area contributed by atoms with Gasteiger partial charge >= 0.3 is 0 Å². The van der Waals surface area contributed by atoms with Crippen LogP contribution in [0.2, 0.25) is 10.0 Å². The number of carbonyl (C=O) groups is 2. The number of nitrogens with one attached hydrogen (secondary N) is 1. The molecule has 2 amide bonds. The predicted molar refractivity (Wildman–Crippen MR) is 121 cm³/mol. The second kappa shape index (κ2) is 11.8. The third-order valence-corrected chi connectivity index (χ3v) is 5.40. The lowest BCUT2D eigenvalue weighted by Gasteiger charge is -2.30. The van der Waals surface area contributed by atoms with Gasteiger partial charge in [0.05, 0.1) is 6.61 Å². The summed E-state index contributed by atoms with van der Waals surface area (Å²) in [7, 11) is 1.57. The molecule has 2 aromatic rings. The van der Waals surface area contributed by atoms with E-state index in [0.717, 1.165) is 16.9 Å². The SMILES string of the molecule is CCC(C(=O)NC)N(Cc1ccc(Cl)cc1Cl)C(=O)CCCOc1ccc(C)cc1. The highest BCUT2D eigenvalue weighted by Gasteiger charge is 2.28. The Morgan fingerprint density at radius 1 is 1.13 bits per heavy atom. The maximum absolute atomic E-state index is 13.0. The van der Waals surface area contributed by atoms with Crippen molar-refractivity contribution in [3.63, 3.8) is 0 Å². The van der Waals surface area contributed by atoms with Crippen LogP contribution in [0.15, 0.2) is 42.5 Å². The van der Waals surface area contributed by atoms with Crippen LogP contribution < -0.4 is 10.1 Å². The zero-order chi connectivity index (χ0) is 22.1. The summed E-state index contributed by atoms with van der Waals surface area (Å²) in [5.41, 5.74) is 1.90. The molecule has 0 saturated heterocycles. The van der Waals surface area contributed by atoms with Crippen molar-refractivity contribution in [1.29, 1.82) is 0 Å². The molecule has 5 nitrogen and oxygen atoms in total. The maximum Gasteiger partial charge on any atom is 0.242 e. The van der Waals surface area contributed by atoms with Crippen molar-refractivity contribution in [2.45, 2.75) is 45.7 Å². The number of nitrogens with zero attached hydrogens (tertiary/aromatic N) is 1. The molecular weight excluding hydrogens is 423 g/mol. The summed E-state index contributed by atoms with van der Waals surface area (Å²) in [6.45, 7) is 4.55. The van der Waals surface area contributed by atoms with Gasteiger partial charge in [0, 0.05) is 30.1 Å². The minimum atomic E-state index is -0.577. The quantitative estimate of drug-likeness (QED) is 0.517. The molecule has 162 valence electrons. The van der Waals surface area contributed by atoms with Crippen molar-refractivity contribution < 1.29 is 14.3 Å². The largest absolute Gasteiger partial charge is 0.494 e. The summed E-state index contributed by atoms with van der Waals surface area (Å²) >= 11 is 12.3. The maximum atomic E-state index is 13.0. The van der Waals surface area contributed by atoms with Gasteiger partial charge in [-0.1, -0.05) is 53.9 Å². The van der Waals surface area contributed by atoms with Crippen LogP contribution in [0.3, 0.4) is 0 Å². The van der Waals surface area contributed by atoms with E-state index in [1.165, 1.54) is 0 Å². The second-order valence-electron chi connectivity index (χ2n) is 7.06. The van der Waals surface area contributed by atoms with Gasteiger partial charge in [-0.3, -0.25) is 9.59 Å². The lowest BCUT2D eigenvalue weighted by Crippen LogP contribution is -2.48. The molecule has 0 radical (unpaired) electrons. The molecule has 30 heavy (non-hydrogen) atoms. The van der Waals surface area contributed by atoms with Crippen LogP contribution in [-0.2, 0) is 16.1 Å². The van der Waals surface area contributed by atoms with Crippen LogP contribution in [0.25, 0.3) is 0 Å². The molecule has 2 aromatic carbocycles. The highest BCUT2D eigenvalue weighted by Crippen LogP contribution is 2.24. The van der Waals surface area contributed by atoms with E-state index in [-0.39, 0.29) is 24.8 Å². The Morgan fingerprint density at radius 2 is 1.83 bits per heavy atom. The van der Waals surface area contributed by atoms with Crippen LogP contribution in [0.4, 0.5) is 0 Å². The number of ether oxygens (including phenoxy) is 1. The second-order valence-corrected chi connectivity index (χ2v) is 7.90. The van der Waals surface area contributed by atoms with Gasteiger partial charge in [-0.2, -0.15) is 0 Å². The van der Waals surface area contributed by atoms with Crippen molar-refractivity contribution >= 4 is 35.0 Å². The van der Waals surface area contributed by atoms with Gasteiger partial charge in [0.25, 0.3) is 0 Å². The standard InChI is InChI=1S/C23H28Cl2N2O3/c1-4-21(23(29)26-3)27(15-17-9-10-18(24)14-20(17)25)22(28)6-5-13-30-19-11-7-16(2)8-12-19/h7-12,14,21H,4-6,13,15H2,1-3H3,(H,26,29). The number of benzene rings is 2. The first-order valence-corrected chi connectivity index (χ1v) is 10.8. The fourth-order valence-corrected chi connectivity index (χ4v) is 3.58. The van der Waals surface area contributed by atoms with E-state index in [4.69, 9.17) is 27.9 Å². The number of amides is 2. The summed E-state index contributed by atoms with van der Waals surface area (Å²) in [5, 5.41) is 3.63. The van der Waals surface area contributed by atoms with Crippen molar-refractivity contribution in [2.75, 3.05) is 13.7 Å². The molecule has 1 N–H and O–H groups in total. The number of likely N-dealkylation sites (N-methyl/N-ethyl adjacent to an activating group) is 1. The van der Waals surface area contributed by atoms with Crippen molar-refractivity contribution in [3.05, 3.63) is 63.6 Å². The molecule has 7 heteroatoms. The van der Waals surface area contributed by atoms with Crippen LogP contribution in [0, 0.1) is 6.92 Å². The third kappa shape index (κ3) is 6.92. The fraction of sp³-hybridized carbons (Fsp3) is 0.391. The first-order chi connectivity index (χ1) is 14.3. The molecule has 0 aliphatic carbocycles. The average molecular weight is 451 g/mol. The van der Waals surface area contributed by atoms with Crippen molar-refractivity contribution in [2.24, 2.45) is 0 Å². The number of aryl methyl sites for hydroxylation is 1. The van der Waals surface area contributed by atoms with Crippen molar-refractivity contribution in [3.8, 4) is 5.75 Å². The van der Waals surface area contributed by atoms with Gasteiger partial charge in [-0.25, -0.2) is 0 Å². The van der Waals surface area contributed by atoms with Gasteiger partial charge in [0.2, 0.25) is 11.8 Å². The molecule has 0 aliphatic heterocycles. The highest BCUT2D eigenvalue weighted by atomic mass is 35.5. The van der Waals surface area contributed by atoms with Gasteiger partial charge in [0.1, 0.15) is 11.8 Å². The normalized spacial score (nSPS) is 11.6. The fourth-order valence-electron chi connectivity index (χ4n) is 3.11. The molecule has 0 aromatic heterocycles. The Kier molecular flexibility index (Phi) is 9.47. The summed E-state index contributed by atoms with van der Waals surface area (Å²) in [6, 6.07) is 12.3. The van der Waals surface area contributed by atoms with Crippen LogP contribution in [-0.4, -0.2) is 36.4 Å². The zero-order valence-electron chi connectivity index (χ0n) is 17.6. The van der Waals surface area contributed by atoms with E-state index >= 15 is 0 Å². The third-order valence-electron chi connectivity index (χ3n) is 4.81. The van der Waals surface area contributed by atoms with Gasteiger partial charge in [0.15, 0.2) is 0 Å². The van der Waals surface area contributed by atoms with Crippen molar-refractivity contribution in [1.82, 2.24) is 10.2 Å². The highest BCUT2D eigenvalue weighted by molar-refractivity contribution is 6.35. The lowest BCUT2D eigenvalue weighted by atomic mass is 10.1. The summed E-state index contributed by atoms with van der Waals surface area (Å²) in [6.07, 6.45) is 1.31. The molecule has 0 bridgehead atoms. The van der Waals surface area contributed by atoms with Crippen LogP contribution in [0.5, 0.6) is 5.75 Å². The molecule has 0 fully saturated rings. The Bertz CT molecular complexity index is 856. The lowest BCUT2D eigenvalue weighted by molar-refractivity contribution is -0.141. The number of rotatable bonds is 10. The summed E-state index contributed by atoms with van der Waals surface area (Å²) in [5.74, 6) is 0.450. The first-order valence-electron chi connectivity index (χ1n) is 10.00. The number of halogens is 2. The molecule has 0 aliphatic rings. The van der Waals surface area contributed by atoms with E-state index in [2.05, 4.69) is 5.32 Å². The molecule has 1 atom stereocenters. The molecule has 0 spiro atoms. The Morgan fingerprint density at radius 3 is 2.43 bits per heavy atom. The van der Waals surface area contributed by atoms with Crippen LogP contribution >= 0.6 is 23.2 Å². The molecule has 0 saturated carbocycles. The van der Waals surface area contributed by atoms with E-state index in [1.807, 2.05) is 38.1 Å². The topological polar surface area (TPSA) is 58.6 Å². The monoisotopic (exact) mass is 450 g/mol. The molecule has 2 rings (SSSR count). The Balaban J connectivity index is 2.05. The molecule has 0 heterocycles. The number of hydrogen-bond acceptors (Lipinski definition) is 3.